The molecule has 6 nitrogen and oxygen atoms in total. The number of carbonyl (C=O) groups excluding carboxylic acids is 1. The zero-order valence-corrected chi connectivity index (χ0v) is 9.44. The minimum Gasteiger partial charge on any atom is -0.393 e. The first kappa shape index (κ1) is 11.6. The molecule has 1 saturated carbocycles. The molecule has 1 aromatic rings. The first-order chi connectivity index (χ1) is 8.15. The van der Waals surface area contributed by atoms with E-state index < -0.39 is 11.2 Å². The SMILES string of the molecule is Nc1c(C2CCCCC2)[nH]c(=O)n(C=O)c1=O. The molecule has 0 radical (unpaired) electrons. The minimum atomic E-state index is -0.718. The van der Waals surface area contributed by atoms with E-state index in [0.717, 1.165) is 25.7 Å². The van der Waals surface area contributed by atoms with Crippen LogP contribution in [-0.2, 0) is 4.79 Å². The highest BCUT2D eigenvalue weighted by Crippen LogP contribution is 2.32. The third kappa shape index (κ3) is 2.02. The van der Waals surface area contributed by atoms with E-state index in [1.807, 2.05) is 0 Å². The van der Waals surface area contributed by atoms with Gasteiger partial charge in [-0.2, -0.15) is 4.57 Å². The Morgan fingerprint density at radius 3 is 2.47 bits per heavy atom. The number of nitrogen functional groups attached to an aromatic ring is 1. The van der Waals surface area contributed by atoms with Crippen molar-refractivity contribution in [2.75, 3.05) is 5.73 Å². The molecule has 1 aromatic heterocycles. The summed E-state index contributed by atoms with van der Waals surface area (Å²) < 4.78 is 0.460. The second-order valence-corrected chi connectivity index (χ2v) is 4.37. The van der Waals surface area contributed by atoms with E-state index in [1.54, 1.807) is 0 Å². The number of rotatable bonds is 2. The van der Waals surface area contributed by atoms with Crippen LogP contribution in [0.4, 0.5) is 5.69 Å². The van der Waals surface area contributed by atoms with Crippen LogP contribution in [0.3, 0.4) is 0 Å². The summed E-state index contributed by atoms with van der Waals surface area (Å²) in [7, 11) is 0. The first-order valence-electron chi connectivity index (χ1n) is 5.74. The van der Waals surface area contributed by atoms with Crippen molar-refractivity contribution < 1.29 is 4.79 Å². The van der Waals surface area contributed by atoms with Gasteiger partial charge in [-0.05, 0) is 12.8 Å². The molecule has 1 heterocycles. The number of hydrogen-bond donors (Lipinski definition) is 2. The molecular formula is C11H15N3O3. The van der Waals surface area contributed by atoms with Gasteiger partial charge >= 0.3 is 5.69 Å². The zero-order valence-electron chi connectivity index (χ0n) is 9.44. The lowest BCUT2D eigenvalue weighted by atomic mass is 9.86. The Kier molecular flexibility index (Phi) is 3.12. The standard InChI is InChI=1S/C11H15N3O3/c12-8-9(7-4-2-1-3-5-7)13-11(17)14(6-15)10(8)16/h6-7H,1-5,12H2,(H,13,17). The molecule has 0 aliphatic heterocycles. The fourth-order valence-electron chi connectivity index (χ4n) is 2.39. The summed E-state index contributed by atoms with van der Waals surface area (Å²) in [4.78, 5) is 36.3. The fraction of sp³-hybridized carbons (Fsp3) is 0.545. The third-order valence-corrected chi connectivity index (χ3v) is 3.32. The average molecular weight is 237 g/mol. The van der Waals surface area contributed by atoms with Crippen LogP contribution < -0.4 is 17.0 Å². The number of H-pyrrole nitrogens is 1. The maximum Gasteiger partial charge on any atom is 0.335 e. The van der Waals surface area contributed by atoms with Gasteiger partial charge in [0.1, 0.15) is 5.69 Å². The Morgan fingerprint density at radius 1 is 1.24 bits per heavy atom. The van der Waals surface area contributed by atoms with E-state index in [-0.39, 0.29) is 18.0 Å². The van der Waals surface area contributed by atoms with Gasteiger partial charge in [0.25, 0.3) is 5.56 Å². The second kappa shape index (κ2) is 4.57. The van der Waals surface area contributed by atoms with E-state index in [0.29, 0.717) is 10.3 Å². The van der Waals surface area contributed by atoms with Crippen LogP contribution in [0.15, 0.2) is 9.59 Å². The number of aromatic nitrogens is 2. The Labute approximate surface area is 97.5 Å². The number of nitrogens with two attached hydrogens (primary N) is 1. The van der Waals surface area contributed by atoms with Gasteiger partial charge in [-0.25, -0.2) is 4.79 Å². The van der Waals surface area contributed by atoms with Crippen LogP contribution in [0.5, 0.6) is 0 Å². The van der Waals surface area contributed by atoms with Gasteiger partial charge in [-0.1, -0.05) is 19.3 Å². The van der Waals surface area contributed by atoms with Crippen LogP contribution >= 0.6 is 0 Å². The summed E-state index contributed by atoms with van der Waals surface area (Å²) in [5.41, 5.74) is 4.76. The molecule has 3 N–H and O–H groups in total. The molecule has 1 fully saturated rings. The lowest BCUT2D eigenvalue weighted by Crippen LogP contribution is -2.38. The van der Waals surface area contributed by atoms with Crippen LogP contribution in [0, 0.1) is 0 Å². The number of carbonyl (C=O) groups is 1. The van der Waals surface area contributed by atoms with Gasteiger partial charge in [0.15, 0.2) is 0 Å². The topological polar surface area (TPSA) is 97.9 Å². The molecule has 0 unspecified atom stereocenters. The summed E-state index contributed by atoms with van der Waals surface area (Å²) in [6.45, 7) is 0. The lowest BCUT2D eigenvalue weighted by molar-refractivity contribution is 0.435. The molecule has 1 aliphatic rings. The number of hydrogen-bond acceptors (Lipinski definition) is 4. The monoisotopic (exact) mass is 237 g/mol. The molecule has 0 aromatic carbocycles. The van der Waals surface area contributed by atoms with Gasteiger partial charge in [0, 0.05) is 5.92 Å². The fourth-order valence-corrected chi connectivity index (χ4v) is 2.39. The normalized spacial score (nSPS) is 16.9. The zero-order chi connectivity index (χ0) is 12.4. The molecule has 0 spiro atoms. The van der Waals surface area contributed by atoms with E-state index in [1.165, 1.54) is 6.42 Å². The van der Waals surface area contributed by atoms with Crippen LogP contribution in [0.25, 0.3) is 0 Å². The smallest absolute Gasteiger partial charge is 0.335 e. The van der Waals surface area contributed by atoms with Gasteiger partial charge in [-0.15, -0.1) is 0 Å². The number of nitrogens with zero attached hydrogens (tertiary/aromatic N) is 1. The maximum atomic E-state index is 11.7. The predicted molar refractivity (Wildman–Crippen MR) is 63.7 cm³/mol. The summed E-state index contributed by atoms with van der Waals surface area (Å²) in [6.07, 6.45) is 5.34. The largest absolute Gasteiger partial charge is 0.393 e. The Bertz CT molecular complexity index is 538. The van der Waals surface area contributed by atoms with Crippen molar-refractivity contribution in [3.8, 4) is 0 Å². The molecule has 1 aliphatic carbocycles. The summed E-state index contributed by atoms with van der Waals surface area (Å²) in [5, 5.41) is 0. The lowest BCUT2D eigenvalue weighted by Gasteiger charge is -2.22. The van der Waals surface area contributed by atoms with Gasteiger partial charge in [0.05, 0.1) is 5.69 Å². The van der Waals surface area contributed by atoms with Gasteiger partial charge < -0.3 is 10.7 Å². The molecule has 92 valence electrons. The maximum absolute atomic E-state index is 11.7. The van der Waals surface area contributed by atoms with Crippen molar-refractivity contribution in [2.45, 2.75) is 38.0 Å². The molecule has 0 atom stereocenters. The third-order valence-electron chi connectivity index (χ3n) is 3.32. The second-order valence-electron chi connectivity index (χ2n) is 4.37. The van der Waals surface area contributed by atoms with Crippen LogP contribution in [0.1, 0.15) is 43.7 Å². The first-order valence-corrected chi connectivity index (χ1v) is 5.74. The number of anilines is 1. The Hall–Kier alpha value is -1.85. The summed E-state index contributed by atoms with van der Waals surface area (Å²) in [5.74, 6) is 0.130. The Balaban J connectivity index is 2.52. The van der Waals surface area contributed by atoms with Crippen molar-refractivity contribution in [3.63, 3.8) is 0 Å². The summed E-state index contributed by atoms with van der Waals surface area (Å²) in [6, 6.07) is 0. The molecular weight excluding hydrogens is 222 g/mol. The molecule has 0 saturated heterocycles. The highest BCUT2D eigenvalue weighted by Gasteiger charge is 2.21. The van der Waals surface area contributed by atoms with Crippen molar-refractivity contribution in [1.29, 1.82) is 0 Å². The average Bonchev–Trinajstić information content (AvgIpc) is 2.35. The highest BCUT2D eigenvalue weighted by atomic mass is 16.2. The van der Waals surface area contributed by atoms with Crippen molar-refractivity contribution >= 4 is 12.1 Å². The molecule has 0 amide bonds. The molecule has 2 rings (SSSR count). The van der Waals surface area contributed by atoms with Crippen molar-refractivity contribution in [3.05, 3.63) is 26.5 Å². The molecule has 17 heavy (non-hydrogen) atoms. The predicted octanol–water partition coefficient (Wildman–Crippen LogP) is 0.205. The van der Waals surface area contributed by atoms with Crippen LogP contribution in [0.2, 0.25) is 0 Å². The van der Waals surface area contributed by atoms with Gasteiger partial charge in [0.2, 0.25) is 6.41 Å². The van der Waals surface area contributed by atoms with E-state index >= 15 is 0 Å². The van der Waals surface area contributed by atoms with E-state index in [2.05, 4.69) is 4.98 Å². The highest BCUT2D eigenvalue weighted by molar-refractivity contribution is 5.55. The quantitative estimate of drug-likeness (QED) is 0.718. The Morgan fingerprint density at radius 2 is 1.88 bits per heavy atom. The molecule has 6 heteroatoms. The van der Waals surface area contributed by atoms with Crippen LogP contribution in [-0.4, -0.2) is 16.0 Å². The van der Waals surface area contributed by atoms with Crippen molar-refractivity contribution in [2.24, 2.45) is 0 Å². The summed E-state index contributed by atoms with van der Waals surface area (Å²) >= 11 is 0. The van der Waals surface area contributed by atoms with E-state index in [9.17, 15) is 14.4 Å². The van der Waals surface area contributed by atoms with E-state index in [4.69, 9.17) is 5.73 Å². The molecule has 0 bridgehead atoms. The number of aromatic amines is 1. The minimum absolute atomic E-state index is 0.0106. The van der Waals surface area contributed by atoms with Crippen molar-refractivity contribution in [1.82, 2.24) is 9.55 Å². The number of nitrogens with one attached hydrogen (secondary N) is 1. The van der Waals surface area contributed by atoms with Gasteiger partial charge in [-0.3, -0.25) is 9.59 Å².